The molecule has 7 rings (SSSR count). The van der Waals surface area contributed by atoms with Crippen LogP contribution >= 0.6 is 11.6 Å². The number of rotatable bonds is 5. The number of nitrogens with two attached hydrogens (primary N) is 1. The maximum Gasteiger partial charge on any atom is 0.340 e. The third kappa shape index (κ3) is 4.15. The Morgan fingerprint density at radius 2 is 1.93 bits per heavy atom. The highest BCUT2D eigenvalue weighted by atomic mass is 35.5. The van der Waals surface area contributed by atoms with Crippen molar-refractivity contribution in [3.63, 3.8) is 0 Å². The lowest BCUT2D eigenvalue weighted by atomic mass is 9.95. The number of aromatic amines is 2. The van der Waals surface area contributed by atoms with E-state index in [9.17, 15) is 19.5 Å². The number of aromatic nitrogens is 2. The molecule has 0 saturated heterocycles. The number of ether oxygens (including phenoxy) is 1. The number of carbonyl (C=O) groups is 3. The number of para-hydroxylation sites is 1. The minimum Gasteiger partial charge on any atom is -0.506 e. The Balaban J connectivity index is 1.21. The number of hydrogen-bond donors (Lipinski definition) is 5. The number of phenols is 1. The summed E-state index contributed by atoms with van der Waals surface area (Å²) in [5.41, 5.74) is 10.9. The predicted octanol–water partition coefficient (Wildman–Crippen LogP) is 6.01. The molecule has 4 heterocycles. The number of H-pyrrole nitrogens is 2. The Bertz CT molecular complexity index is 2180. The average molecular weight is 612 g/mol. The number of aryl methyl sites for hydroxylation is 1. The lowest BCUT2D eigenvalue weighted by molar-refractivity contribution is 0.0602. The number of aromatic hydroxyl groups is 1. The van der Waals surface area contributed by atoms with E-state index in [0.29, 0.717) is 61.4 Å². The second-order valence-electron chi connectivity index (χ2n) is 10.8. The fourth-order valence-electron chi connectivity index (χ4n) is 6.08. The Morgan fingerprint density at radius 1 is 1.11 bits per heavy atom. The van der Waals surface area contributed by atoms with E-state index in [-0.39, 0.29) is 41.3 Å². The molecule has 1 aliphatic heterocycles. The number of anilines is 3. The third-order valence-electron chi connectivity index (χ3n) is 8.10. The fraction of sp³-hybridized carbons (Fsp3) is 0.156. The van der Waals surface area contributed by atoms with Crippen LogP contribution in [0.4, 0.5) is 17.1 Å². The van der Waals surface area contributed by atoms with Crippen LogP contribution in [0.1, 0.15) is 48.6 Å². The van der Waals surface area contributed by atoms with Gasteiger partial charge in [0.15, 0.2) is 5.76 Å². The van der Waals surface area contributed by atoms with Crippen LogP contribution in [0.3, 0.4) is 0 Å². The molecule has 6 aromatic rings. The molecule has 222 valence electrons. The van der Waals surface area contributed by atoms with Crippen molar-refractivity contribution in [2.24, 2.45) is 0 Å². The van der Waals surface area contributed by atoms with Crippen molar-refractivity contribution < 1.29 is 28.6 Å². The highest BCUT2D eigenvalue weighted by Crippen LogP contribution is 2.47. The van der Waals surface area contributed by atoms with Crippen molar-refractivity contribution in [1.29, 1.82) is 0 Å². The molecule has 6 N–H and O–H groups in total. The molecule has 3 aromatic heterocycles. The van der Waals surface area contributed by atoms with E-state index in [1.807, 2.05) is 12.1 Å². The molecule has 44 heavy (non-hydrogen) atoms. The van der Waals surface area contributed by atoms with E-state index < -0.39 is 11.9 Å². The van der Waals surface area contributed by atoms with Gasteiger partial charge in [0.1, 0.15) is 17.0 Å². The zero-order chi connectivity index (χ0) is 30.9. The number of amides is 2. The van der Waals surface area contributed by atoms with Gasteiger partial charge in [0.25, 0.3) is 11.8 Å². The minimum absolute atomic E-state index is 0.0637. The molecule has 12 heteroatoms. The van der Waals surface area contributed by atoms with E-state index >= 15 is 0 Å². The first-order valence-corrected chi connectivity index (χ1v) is 14.3. The Kier molecular flexibility index (Phi) is 6.29. The van der Waals surface area contributed by atoms with E-state index in [1.54, 1.807) is 43.3 Å². The molecule has 0 aliphatic carbocycles. The van der Waals surface area contributed by atoms with Crippen LogP contribution in [-0.4, -0.2) is 52.4 Å². The zero-order valence-corrected chi connectivity index (χ0v) is 24.3. The lowest BCUT2D eigenvalue weighted by Gasteiger charge is -2.16. The van der Waals surface area contributed by atoms with Gasteiger partial charge < -0.3 is 40.2 Å². The van der Waals surface area contributed by atoms with E-state index in [4.69, 9.17) is 26.5 Å². The summed E-state index contributed by atoms with van der Waals surface area (Å²) in [5.74, 6) is -1.55. The van der Waals surface area contributed by atoms with E-state index in [1.165, 1.54) is 18.1 Å². The molecule has 3 aromatic carbocycles. The van der Waals surface area contributed by atoms with Crippen LogP contribution in [-0.2, 0) is 4.74 Å². The molecule has 0 spiro atoms. The molecule has 0 unspecified atom stereocenters. The maximum atomic E-state index is 13.9. The molecule has 1 aliphatic rings. The van der Waals surface area contributed by atoms with Gasteiger partial charge in [0.05, 0.1) is 35.1 Å². The number of alkyl halides is 1. The number of hydrogen-bond acceptors (Lipinski definition) is 7. The Hall–Kier alpha value is -5.42. The van der Waals surface area contributed by atoms with Crippen molar-refractivity contribution in [1.82, 2.24) is 9.97 Å². The number of methoxy groups -OCH3 is 1. The largest absolute Gasteiger partial charge is 0.506 e. The smallest absolute Gasteiger partial charge is 0.340 e. The van der Waals surface area contributed by atoms with Crippen molar-refractivity contribution in [3.05, 3.63) is 82.9 Å². The van der Waals surface area contributed by atoms with Gasteiger partial charge in [-0.2, -0.15) is 0 Å². The van der Waals surface area contributed by atoms with Crippen LogP contribution in [0.2, 0.25) is 0 Å². The summed E-state index contributed by atoms with van der Waals surface area (Å²) in [5, 5.41) is 15.7. The average Bonchev–Trinajstić information content (AvgIpc) is 3.79. The summed E-state index contributed by atoms with van der Waals surface area (Å²) < 4.78 is 10.9. The quantitative estimate of drug-likeness (QED) is 0.0903. The highest BCUT2D eigenvalue weighted by molar-refractivity contribution is 6.20. The van der Waals surface area contributed by atoms with Crippen molar-refractivity contribution in [3.8, 4) is 5.75 Å². The lowest BCUT2D eigenvalue weighted by Crippen LogP contribution is -2.29. The molecule has 0 radical (unpaired) electrons. The summed E-state index contributed by atoms with van der Waals surface area (Å²) in [6.45, 7) is 1.93. The summed E-state index contributed by atoms with van der Waals surface area (Å²) in [7, 11) is 1.29. The van der Waals surface area contributed by atoms with E-state index in [0.717, 1.165) is 5.39 Å². The van der Waals surface area contributed by atoms with Crippen LogP contribution < -0.4 is 16.0 Å². The molecular formula is C32H26ClN5O6. The number of phenolic OH excluding ortho intramolecular Hbond substituents is 1. The normalized spacial score (nSPS) is 14.4. The van der Waals surface area contributed by atoms with Gasteiger partial charge in [-0.15, -0.1) is 11.6 Å². The SMILES string of the molecule is COC(=O)c1c(C)[nH]c2c(O)cc3c(c12)[C@H](CCl)CN3C(=O)c1cc2cc(NC(=O)c3cc4cccc(N)c4[nH]3)ccc2o1. The number of nitrogen functional groups attached to an aromatic ring is 1. The highest BCUT2D eigenvalue weighted by Gasteiger charge is 2.38. The third-order valence-corrected chi connectivity index (χ3v) is 8.48. The number of carbonyl (C=O) groups excluding carboxylic acids is 3. The standard InChI is InChI=1S/C32H26ClN5O6/c1-14-25(32(42)43-2)27-26-17(12-33)13-38(21(26)11-22(39)29(27)35-14)31(41)24-10-16-8-18(6-7-23(16)44-24)36-30(40)20-9-15-4-3-5-19(34)28(15)37-20/h3-11,17,35,37,39H,12-13,34H2,1-2H3,(H,36,40)/t17-/m1/s1. The molecule has 2 amide bonds. The van der Waals surface area contributed by atoms with Gasteiger partial charge in [-0.05, 0) is 48.9 Å². The Morgan fingerprint density at radius 3 is 2.68 bits per heavy atom. The van der Waals surface area contributed by atoms with E-state index in [2.05, 4.69) is 15.3 Å². The number of benzene rings is 3. The molecule has 0 saturated carbocycles. The van der Waals surface area contributed by atoms with Crippen molar-refractivity contribution in [2.75, 3.05) is 35.5 Å². The van der Waals surface area contributed by atoms with Crippen LogP contribution in [0, 0.1) is 6.92 Å². The minimum atomic E-state index is -0.562. The number of fused-ring (bicyclic) bond motifs is 5. The summed E-state index contributed by atoms with van der Waals surface area (Å²) in [4.78, 5) is 47.1. The van der Waals surface area contributed by atoms with Crippen LogP contribution in [0.25, 0.3) is 32.8 Å². The predicted molar refractivity (Wildman–Crippen MR) is 168 cm³/mol. The maximum absolute atomic E-state index is 13.9. The first kappa shape index (κ1) is 27.4. The molecule has 1 atom stereocenters. The van der Waals surface area contributed by atoms with Crippen LogP contribution in [0.15, 0.2) is 59.0 Å². The summed E-state index contributed by atoms with van der Waals surface area (Å²) in [6, 6.07) is 15.3. The second kappa shape index (κ2) is 10.1. The number of furan rings is 1. The first-order chi connectivity index (χ1) is 21.2. The van der Waals surface area contributed by atoms with Gasteiger partial charge in [-0.3, -0.25) is 9.59 Å². The Labute approximate surface area is 254 Å². The number of nitrogens with one attached hydrogen (secondary N) is 3. The molecule has 0 bridgehead atoms. The number of esters is 1. The summed E-state index contributed by atoms with van der Waals surface area (Å²) in [6.07, 6.45) is 0. The van der Waals surface area contributed by atoms with Gasteiger partial charge in [-0.1, -0.05) is 12.1 Å². The monoisotopic (exact) mass is 611 g/mol. The van der Waals surface area contributed by atoms with Gasteiger partial charge in [0.2, 0.25) is 0 Å². The second-order valence-corrected chi connectivity index (χ2v) is 11.1. The fourth-order valence-corrected chi connectivity index (χ4v) is 6.33. The first-order valence-electron chi connectivity index (χ1n) is 13.7. The molecule has 0 fully saturated rings. The zero-order valence-electron chi connectivity index (χ0n) is 23.6. The van der Waals surface area contributed by atoms with Gasteiger partial charge >= 0.3 is 5.97 Å². The van der Waals surface area contributed by atoms with Crippen molar-refractivity contribution in [2.45, 2.75) is 12.8 Å². The number of halogens is 1. The topological polar surface area (TPSA) is 167 Å². The molecular weight excluding hydrogens is 586 g/mol. The van der Waals surface area contributed by atoms with Crippen LogP contribution in [0.5, 0.6) is 5.75 Å². The molecule has 11 nitrogen and oxygen atoms in total. The number of nitrogens with zero attached hydrogens (tertiary/aromatic N) is 1. The summed E-state index contributed by atoms with van der Waals surface area (Å²) >= 11 is 6.37. The van der Waals surface area contributed by atoms with Gasteiger partial charge in [0, 0.05) is 51.9 Å². The van der Waals surface area contributed by atoms with Gasteiger partial charge in [-0.25, -0.2) is 4.79 Å². The van der Waals surface area contributed by atoms with Crippen molar-refractivity contribution >= 4 is 79.2 Å².